The Bertz CT molecular complexity index is 521. The summed E-state index contributed by atoms with van der Waals surface area (Å²) in [5, 5.41) is 14.1. The molecule has 8 nitrogen and oxygen atoms in total. The molecule has 1 rings (SSSR count). The van der Waals surface area contributed by atoms with Crippen molar-refractivity contribution in [3.63, 3.8) is 0 Å². The highest BCUT2D eigenvalue weighted by molar-refractivity contribution is 5.88. The molecule has 0 aliphatic carbocycles. The minimum absolute atomic E-state index is 0.0562. The molecular formula is C18H31N3O5. The first kappa shape index (κ1) is 21.9. The molecule has 0 aromatic heterocycles. The van der Waals surface area contributed by atoms with Gasteiger partial charge in [0.25, 0.3) is 0 Å². The van der Waals surface area contributed by atoms with E-state index in [1.165, 1.54) is 0 Å². The Kier molecular flexibility index (Phi) is 9.09. The van der Waals surface area contributed by atoms with Gasteiger partial charge in [0.2, 0.25) is 17.7 Å². The molecular weight excluding hydrogens is 338 g/mol. The van der Waals surface area contributed by atoms with Crippen LogP contribution in [0, 0.1) is 11.8 Å². The van der Waals surface area contributed by atoms with Gasteiger partial charge in [0, 0.05) is 19.5 Å². The van der Waals surface area contributed by atoms with Crippen molar-refractivity contribution in [3.05, 3.63) is 0 Å². The van der Waals surface area contributed by atoms with Crippen molar-refractivity contribution in [2.24, 2.45) is 11.8 Å². The summed E-state index contributed by atoms with van der Waals surface area (Å²) in [7, 11) is 0. The largest absolute Gasteiger partial charge is 0.480 e. The van der Waals surface area contributed by atoms with Gasteiger partial charge in [-0.05, 0) is 31.6 Å². The molecule has 0 saturated carbocycles. The second-order valence-electron chi connectivity index (χ2n) is 7.23. The molecule has 148 valence electrons. The Balaban J connectivity index is 2.45. The Morgan fingerprint density at radius 3 is 2.50 bits per heavy atom. The first-order valence-electron chi connectivity index (χ1n) is 9.32. The molecule has 0 spiro atoms. The third-order valence-corrected chi connectivity index (χ3v) is 4.37. The molecule has 3 amide bonds. The third-order valence-electron chi connectivity index (χ3n) is 4.37. The molecule has 8 heteroatoms. The van der Waals surface area contributed by atoms with Crippen LogP contribution < -0.4 is 10.6 Å². The highest BCUT2D eigenvalue weighted by Crippen LogP contribution is 2.17. The van der Waals surface area contributed by atoms with Gasteiger partial charge in [0.1, 0.15) is 6.04 Å². The van der Waals surface area contributed by atoms with Crippen molar-refractivity contribution in [1.29, 1.82) is 0 Å². The minimum atomic E-state index is -1.09. The number of carboxylic acid groups (broad SMARTS) is 1. The number of amides is 3. The number of hydrogen-bond acceptors (Lipinski definition) is 4. The fourth-order valence-corrected chi connectivity index (χ4v) is 3.04. The van der Waals surface area contributed by atoms with E-state index in [4.69, 9.17) is 5.11 Å². The van der Waals surface area contributed by atoms with Gasteiger partial charge in [-0.15, -0.1) is 0 Å². The monoisotopic (exact) mass is 369 g/mol. The third kappa shape index (κ3) is 7.41. The standard InChI is InChI=1S/C18H31N3O5/c1-4-6-16(23)21-8-5-7-13(11-21)17(24)19-10-15(22)20-14(18(25)26)9-12(2)3/h12-14H,4-11H2,1-3H3,(H,19,24)(H,20,22)(H,25,26)/t13?,14-/m0/s1. The van der Waals surface area contributed by atoms with Crippen LogP contribution in [0.3, 0.4) is 0 Å². The molecule has 1 aliphatic heterocycles. The number of rotatable bonds is 9. The number of hydrogen-bond donors (Lipinski definition) is 3. The average molecular weight is 369 g/mol. The lowest BCUT2D eigenvalue weighted by atomic mass is 9.96. The molecule has 0 bridgehead atoms. The predicted octanol–water partition coefficient (Wildman–Crippen LogP) is 0.757. The number of carbonyl (C=O) groups excluding carboxylic acids is 3. The SMILES string of the molecule is CCCC(=O)N1CCCC(C(=O)NCC(=O)N[C@@H](CC(C)C)C(=O)O)C1. The van der Waals surface area contributed by atoms with E-state index >= 15 is 0 Å². The van der Waals surface area contributed by atoms with E-state index in [0.717, 1.165) is 12.8 Å². The molecule has 1 unspecified atom stereocenters. The van der Waals surface area contributed by atoms with E-state index in [0.29, 0.717) is 32.4 Å². The second kappa shape index (κ2) is 10.8. The van der Waals surface area contributed by atoms with Gasteiger partial charge in [0.15, 0.2) is 0 Å². The van der Waals surface area contributed by atoms with Crippen LogP contribution in [0.1, 0.15) is 52.9 Å². The van der Waals surface area contributed by atoms with E-state index in [1.54, 1.807) is 4.90 Å². The van der Waals surface area contributed by atoms with Gasteiger partial charge >= 0.3 is 5.97 Å². The first-order chi connectivity index (χ1) is 12.2. The van der Waals surface area contributed by atoms with E-state index in [1.807, 2.05) is 20.8 Å². The number of carbonyl (C=O) groups is 4. The maximum atomic E-state index is 12.3. The fraction of sp³-hybridized carbons (Fsp3) is 0.778. The van der Waals surface area contributed by atoms with Crippen LogP contribution in [0.5, 0.6) is 0 Å². The van der Waals surface area contributed by atoms with Crippen molar-refractivity contribution < 1.29 is 24.3 Å². The minimum Gasteiger partial charge on any atom is -0.480 e. The molecule has 0 aromatic rings. The number of carboxylic acids is 1. The zero-order chi connectivity index (χ0) is 19.7. The Morgan fingerprint density at radius 1 is 1.23 bits per heavy atom. The number of nitrogens with one attached hydrogen (secondary N) is 2. The molecule has 26 heavy (non-hydrogen) atoms. The van der Waals surface area contributed by atoms with E-state index in [9.17, 15) is 19.2 Å². The number of aliphatic carboxylic acids is 1. The number of likely N-dealkylation sites (tertiary alicyclic amines) is 1. The zero-order valence-electron chi connectivity index (χ0n) is 15.9. The van der Waals surface area contributed by atoms with Crippen LogP contribution in [0.25, 0.3) is 0 Å². The average Bonchev–Trinajstić information content (AvgIpc) is 2.59. The van der Waals surface area contributed by atoms with Gasteiger partial charge in [-0.2, -0.15) is 0 Å². The molecule has 3 N–H and O–H groups in total. The maximum Gasteiger partial charge on any atom is 0.326 e. The highest BCUT2D eigenvalue weighted by atomic mass is 16.4. The summed E-state index contributed by atoms with van der Waals surface area (Å²) in [4.78, 5) is 49.1. The first-order valence-corrected chi connectivity index (χ1v) is 9.32. The van der Waals surface area contributed by atoms with Gasteiger partial charge < -0.3 is 20.6 Å². The molecule has 1 aliphatic rings. The van der Waals surface area contributed by atoms with E-state index in [2.05, 4.69) is 10.6 Å². The van der Waals surface area contributed by atoms with Crippen LogP contribution in [0.15, 0.2) is 0 Å². The van der Waals surface area contributed by atoms with Crippen LogP contribution in [0.4, 0.5) is 0 Å². The lowest BCUT2D eigenvalue weighted by Gasteiger charge is -2.32. The van der Waals surface area contributed by atoms with E-state index in [-0.39, 0.29) is 30.2 Å². The Labute approximate surface area is 154 Å². The van der Waals surface area contributed by atoms with Crippen molar-refractivity contribution in [2.75, 3.05) is 19.6 Å². The summed E-state index contributed by atoms with van der Waals surface area (Å²) in [6.45, 7) is 6.46. The maximum absolute atomic E-state index is 12.3. The number of nitrogens with zero attached hydrogens (tertiary/aromatic N) is 1. The van der Waals surface area contributed by atoms with Crippen LogP contribution >= 0.6 is 0 Å². The quantitative estimate of drug-likeness (QED) is 0.555. The normalized spacial score (nSPS) is 18.3. The summed E-state index contributed by atoms with van der Waals surface area (Å²) in [6.07, 6.45) is 3.01. The van der Waals surface area contributed by atoms with Crippen LogP contribution in [-0.2, 0) is 19.2 Å². The Morgan fingerprint density at radius 2 is 1.92 bits per heavy atom. The summed E-state index contributed by atoms with van der Waals surface area (Å²) >= 11 is 0. The lowest BCUT2D eigenvalue weighted by Crippen LogP contribution is -2.49. The number of piperidine rings is 1. The lowest BCUT2D eigenvalue weighted by molar-refractivity contribution is -0.142. The van der Waals surface area contributed by atoms with E-state index < -0.39 is 17.9 Å². The molecule has 2 atom stereocenters. The zero-order valence-corrected chi connectivity index (χ0v) is 15.9. The van der Waals surface area contributed by atoms with Crippen LogP contribution in [-0.4, -0.2) is 59.4 Å². The molecule has 0 radical (unpaired) electrons. The predicted molar refractivity (Wildman–Crippen MR) is 96.2 cm³/mol. The van der Waals surface area contributed by atoms with Gasteiger partial charge in [0.05, 0.1) is 12.5 Å². The van der Waals surface area contributed by atoms with Crippen molar-refractivity contribution >= 4 is 23.7 Å². The van der Waals surface area contributed by atoms with Crippen LogP contribution in [0.2, 0.25) is 0 Å². The highest BCUT2D eigenvalue weighted by Gasteiger charge is 2.28. The van der Waals surface area contributed by atoms with Crippen molar-refractivity contribution in [3.8, 4) is 0 Å². The summed E-state index contributed by atoms with van der Waals surface area (Å²) in [5.74, 6) is -2.04. The molecule has 1 fully saturated rings. The van der Waals surface area contributed by atoms with Gasteiger partial charge in [-0.25, -0.2) is 4.79 Å². The molecule has 1 saturated heterocycles. The summed E-state index contributed by atoms with van der Waals surface area (Å²) in [5.41, 5.74) is 0. The van der Waals surface area contributed by atoms with Gasteiger partial charge in [-0.3, -0.25) is 14.4 Å². The van der Waals surface area contributed by atoms with Crippen molar-refractivity contribution in [1.82, 2.24) is 15.5 Å². The molecule has 1 heterocycles. The van der Waals surface area contributed by atoms with Gasteiger partial charge in [-0.1, -0.05) is 20.8 Å². The molecule has 0 aromatic carbocycles. The second-order valence-corrected chi connectivity index (χ2v) is 7.23. The van der Waals surface area contributed by atoms with Crippen molar-refractivity contribution in [2.45, 2.75) is 58.9 Å². The Hall–Kier alpha value is -2.12. The topological polar surface area (TPSA) is 116 Å². The smallest absolute Gasteiger partial charge is 0.326 e. The fourth-order valence-electron chi connectivity index (χ4n) is 3.04. The summed E-state index contributed by atoms with van der Waals surface area (Å²) in [6, 6.07) is -0.962. The summed E-state index contributed by atoms with van der Waals surface area (Å²) < 4.78 is 0.